The van der Waals surface area contributed by atoms with Crippen molar-refractivity contribution >= 4 is 29.9 Å². The number of halogens is 1. The van der Waals surface area contributed by atoms with Gasteiger partial charge >= 0.3 is 0 Å². The molecule has 0 amide bonds. The number of ether oxygens (including phenoxy) is 3. The minimum atomic E-state index is 0. The average Bonchev–Trinajstić information content (AvgIpc) is 3.16. The molecule has 168 valence electrons. The van der Waals surface area contributed by atoms with Crippen molar-refractivity contribution < 1.29 is 18.7 Å². The molecular formula is C21H33IN4O4. The van der Waals surface area contributed by atoms with Crippen LogP contribution in [-0.4, -0.2) is 39.0 Å². The van der Waals surface area contributed by atoms with Gasteiger partial charge in [0.25, 0.3) is 0 Å². The summed E-state index contributed by atoms with van der Waals surface area (Å²) in [5.74, 6) is 3.47. The molecule has 2 aromatic rings. The number of aryl methyl sites for hydroxylation is 2. The Hall–Kier alpha value is -2.17. The summed E-state index contributed by atoms with van der Waals surface area (Å²) in [6, 6.07) is 3.86. The standard InChI is InChI=1S/C21H32N4O4.HI/c1-7-16-15(17(8-2)29-25-16)13-24-21(22-4)23-12-14-10-18(26-5)20(28-9-3)19(11-14)27-6;/h10-11H,7-9,12-13H2,1-6H3,(H2,22,23,24);1H. The number of aliphatic imine (C=N–C) groups is 1. The molecule has 0 spiro atoms. The smallest absolute Gasteiger partial charge is 0.203 e. The van der Waals surface area contributed by atoms with Gasteiger partial charge in [0.05, 0.1) is 26.5 Å². The highest BCUT2D eigenvalue weighted by molar-refractivity contribution is 14.0. The molecule has 1 heterocycles. The Labute approximate surface area is 195 Å². The van der Waals surface area contributed by atoms with Crippen molar-refractivity contribution in [1.82, 2.24) is 15.8 Å². The lowest BCUT2D eigenvalue weighted by Crippen LogP contribution is -2.36. The lowest BCUT2D eigenvalue weighted by atomic mass is 10.1. The molecule has 1 aromatic carbocycles. The van der Waals surface area contributed by atoms with Crippen LogP contribution in [0.25, 0.3) is 0 Å². The number of benzene rings is 1. The number of nitrogens with one attached hydrogen (secondary N) is 2. The molecule has 0 fully saturated rings. The molecule has 8 nitrogen and oxygen atoms in total. The van der Waals surface area contributed by atoms with E-state index in [1.54, 1.807) is 21.3 Å². The van der Waals surface area contributed by atoms with Crippen LogP contribution < -0.4 is 24.8 Å². The molecule has 9 heteroatoms. The first-order chi connectivity index (χ1) is 14.1. The molecule has 2 N–H and O–H groups in total. The summed E-state index contributed by atoms with van der Waals surface area (Å²) in [5.41, 5.74) is 3.06. The minimum absolute atomic E-state index is 0. The van der Waals surface area contributed by atoms with Crippen molar-refractivity contribution in [3.05, 3.63) is 34.7 Å². The van der Waals surface area contributed by atoms with Gasteiger partial charge in [-0.1, -0.05) is 19.0 Å². The Kier molecular flexibility index (Phi) is 11.4. The summed E-state index contributed by atoms with van der Waals surface area (Å²) in [6.45, 7) is 7.73. The zero-order valence-corrected chi connectivity index (χ0v) is 21.0. The molecule has 0 atom stereocenters. The fraction of sp³-hybridized carbons (Fsp3) is 0.524. The van der Waals surface area contributed by atoms with Crippen molar-refractivity contribution in [2.75, 3.05) is 27.9 Å². The van der Waals surface area contributed by atoms with E-state index in [1.807, 2.05) is 19.1 Å². The van der Waals surface area contributed by atoms with Crippen molar-refractivity contribution in [1.29, 1.82) is 0 Å². The summed E-state index contributed by atoms with van der Waals surface area (Å²) in [6.07, 6.45) is 1.64. The molecule has 0 saturated heterocycles. The first kappa shape index (κ1) is 25.9. The number of aromatic nitrogens is 1. The lowest BCUT2D eigenvalue weighted by Gasteiger charge is -2.16. The van der Waals surface area contributed by atoms with E-state index in [-0.39, 0.29) is 24.0 Å². The second-order valence-electron chi connectivity index (χ2n) is 6.28. The molecule has 0 aliphatic carbocycles. The number of hydrogen-bond acceptors (Lipinski definition) is 6. The van der Waals surface area contributed by atoms with Gasteiger partial charge in [0, 0.05) is 32.1 Å². The van der Waals surface area contributed by atoms with Crippen molar-refractivity contribution in [2.45, 2.75) is 46.7 Å². The van der Waals surface area contributed by atoms with Crippen molar-refractivity contribution in [3.8, 4) is 17.2 Å². The predicted octanol–water partition coefficient (Wildman–Crippen LogP) is 3.70. The number of hydrogen-bond donors (Lipinski definition) is 2. The van der Waals surface area contributed by atoms with Gasteiger partial charge in [-0.3, -0.25) is 4.99 Å². The van der Waals surface area contributed by atoms with Crippen LogP contribution in [0.3, 0.4) is 0 Å². The summed E-state index contributed by atoms with van der Waals surface area (Å²) >= 11 is 0. The highest BCUT2D eigenvalue weighted by atomic mass is 127. The predicted molar refractivity (Wildman–Crippen MR) is 128 cm³/mol. The molecule has 0 saturated carbocycles. The van der Waals surface area contributed by atoms with Gasteiger partial charge in [0.2, 0.25) is 5.75 Å². The Balaban J connectivity index is 0.00000450. The molecule has 30 heavy (non-hydrogen) atoms. The van der Waals surface area contributed by atoms with Crippen LogP contribution in [0.15, 0.2) is 21.6 Å². The second kappa shape index (κ2) is 13.2. The minimum Gasteiger partial charge on any atom is -0.493 e. The number of methoxy groups -OCH3 is 2. The van der Waals surface area contributed by atoms with E-state index in [1.165, 1.54) is 0 Å². The highest BCUT2D eigenvalue weighted by Gasteiger charge is 2.15. The van der Waals surface area contributed by atoms with E-state index in [0.29, 0.717) is 42.9 Å². The first-order valence-electron chi connectivity index (χ1n) is 9.90. The first-order valence-corrected chi connectivity index (χ1v) is 9.90. The quantitative estimate of drug-likeness (QED) is 0.274. The molecule has 0 radical (unpaired) electrons. The van der Waals surface area contributed by atoms with Gasteiger partial charge in [-0.2, -0.15) is 0 Å². The van der Waals surface area contributed by atoms with Gasteiger partial charge in [0.1, 0.15) is 5.76 Å². The molecule has 1 aromatic heterocycles. The third kappa shape index (κ3) is 6.41. The molecule has 0 unspecified atom stereocenters. The Morgan fingerprint density at radius 1 is 1.03 bits per heavy atom. The molecular weight excluding hydrogens is 499 g/mol. The molecule has 0 aliphatic rings. The molecule has 0 aliphatic heterocycles. The van der Waals surface area contributed by atoms with E-state index >= 15 is 0 Å². The van der Waals surface area contributed by atoms with E-state index in [4.69, 9.17) is 18.7 Å². The third-order valence-electron chi connectivity index (χ3n) is 4.53. The maximum atomic E-state index is 5.65. The zero-order chi connectivity index (χ0) is 21.2. The number of guanidine groups is 1. The second-order valence-corrected chi connectivity index (χ2v) is 6.28. The van der Waals surface area contributed by atoms with E-state index in [2.05, 4.69) is 34.6 Å². The zero-order valence-electron chi connectivity index (χ0n) is 18.6. The fourth-order valence-corrected chi connectivity index (χ4v) is 3.04. The van der Waals surface area contributed by atoms with E-state index in [0.717, 1.165) is 35.4 Å². The topological polar surface area (TPSA) is 90.1 Å². The molecule has 2 rings (SSSR count). The largest absolute Gasteiger partial charge is 0.493 e. The summed E-state index contributed by atoms with van der Waals surface area (Å²) in [7, 11) is 4.97. The molecule has 0 bridgehead atoms. The summed E-state index contributed by atoms with van der Waals surface area (Å²) in [4.78, 5) is 4.30. The lowest BCUT2D eigenvalue weighted by molar-refractivity contribution is 0.288. The van der Waals surface area contributed by atoms with Gasteiger partial charge in [-0.05, 0) is 31.0 Å². The summed E-state index contributed by atoms with van der Waals surface area (Å²) < 4.78 is 22.0. The average molecular weight is 532 g/mol. The van der Waals surface area contributed by atoms with Crippen molar-refractivity contribution in [3.63, 3.8) is 0 Å². The fourth-order valence-electron chi connectivity index (χ4n) is 3.04. The van der Waals surface area contributed by atoms with Crippen LogP contribution in [0, 0.1) is 0 Å². The van der Waals surface area contributed by atoms with Gasteiger partial charge < -0.3 is 29.4 Å². The Morgan fingerprint density at radius 3 is 2.17 bits per heavy atom. The Morgan fingerprint density at radius 2 is 1.67 bits per heavy atom. The van der Waals surface area contributed by atoms with E-state index < -0.39 is 0 Å². The van der Waals surface area contributed by atoms with Crippen LogP contribution >= 0.6 is 24.0 Å². The monoisotopic (exact) mass is 532 g/mol. The number of rotatable bonds is 10. The third-order valence-corrected chi connectivity index (χ3v) is 4.53. The van der Waals surface area contributed by atoms with Crippen LogP contribution in [0.5, 0.6) is 17.2 Å². The van der Waals surface area contributed by atoms with Crippen LogP contribution in [0.2, 0.25) is 0 Å². The SMILES string of the molecule is CCOc1c(OC)cc(CNC(=NC)NCc2c(CC)noc2CC)cc1OC.I. The van der Waals surface area contributed by atoms with Crippen LogP contribution in [0.4, 0.5) is 0 Å². The number of nitrogens with zero attached hydrogens (tertiary/aromatic N) is 2. The Bertz CT molecular complexity index is 777. The van der Waals surface area contributed by atoms with Gasteiger partial charge in [-0.25, -0.2) is 0 Å². The summed E-state index contributed by atoms with van der Waals surface area (Å²) in [5, 5.41) is 10.8. The normalized spacial score (nSPS) is 10.9. The van der Waals surface area contributed by atoms with Crippen LogP contribution in [-0.2, 0) is 25.9 Å². The maximum absolute atomic E-state index is 5.65. The highest BCUT2D eigenvalue weighted by Crippen LogP contribution is 2.38. The van der Waals surface area contributed by atoms with Gasteiger partial charge in [0.15, 0.2) is 17.5 Å². The van der Waals surface area contributed by atoms with Crippen LogP contribution in [0.1, 0.15) is 43.4 Å². The maximum Gasteiger partial charge on any atom is 0.203 e. The van der Waals surface area contributed by atoms with Crippen molar-refractivity contribution in [2.24, 2.45) is 4.99 Å². The van der Waals surface area contributed by atoms with E-state index in [9.17, 15) is 0 Å². The van der Waals surface area contributed by atoms with Gasteiger partial charge in [-0.15, -0.1) is 24.0 Å².